The van der Waals surface area contributed by atoms with Crippen LogP contribution in [0.3, 0.4) is 0 Å². The van der Waals surface area contributed by atoms with Crippen LogP contribution in [-0.4, -0.2) is 96.7 Å². The number of aliphatic hydroxyl groups excluding tert-OH is 1. The van der Waals surface area contributed by atoms with Crippen LogP contribution in [0, 0.1) is 0 Å². The van der Waals surface area contributed by atoms with Gasteiger partial charge < -0.3 is 33.8 Å². The first kappa shape index (κ1) is 92.8. The summed E-state index contributed by atoms with van der Waals surface area (Å²) in [6.45, 7) is 4.81. The molecule has 560 valence electrons. The molecule has 19 heteroatoms. The van der Waals surface area contributed by atoms with Gasteiger partial charge in [0.25, 0.3) is 0 Å². The van der Waals surface area contributed by atoms with Gasteiger partial charge in [-0.15, -0.1) is 0 Å². The highest BCUT2D eigenvalue weighted by Gasteiger charge is 2.30. The zero-order chi connectivity index (χ0) is 70.4. The Morgan fingerprint density at radius 3 is 0.812 bits per heavy atom. The summed E-state index contributed by atoms with van der Waals surface area (Å²) in [6, 6.07) is 0. The number of esters is 4. The quantitative estimate of drug-likeness (QED) is 0.0169. The number of phosphoric acid groups is 2. The summed E-state index contributed by atoms with van der Waals surface area (Å²) in [7, 11) is -9.94. The second-order valence-electron chi connectivity index (χ2n) is 25.9. The van der Waals surface area contributed by atoms with Crippen molar-refractivity contribution in [3.05, 3.63) is 60.8 Å². The van der Waals surface area contributed by atoms with Crippen molar-refractivity contribution in [3.63, 3.8) is 0 Å². The highest BCUT2D eigenvalue weighted by Crippen LogP contribution is 2.45. The summed E-state index contributed by atoms with van der Waals surface area (Å²) < 4.78 is 68.5. The zero-order valence-corrected chi connectivity index (χ0v) is 62.8. The van der Waals surface area contributed by atoms with Gasteiger partial charge in [0.1, 0.15) is 19.3 Å². The third-order valence-corrected chi connectivity index (χ3v) is 18.4. The smallest absolute Gasteiger partial charge is 0.462 e. The first-order chi connectivity index (χ1) is 46.7. The van der Waals surface area contributed by atoms with Gasteiger partial charge in [0.2, 0.25) is 0 Å². The van der Waals surface area contributed by atoms with E-state index < -0.39 is 97.5 Å². The van der Waals surface area contributed by atoms with E-state index in [0.29, 0.717) is 25.7 Å². The Balaban J connectivity index is 5.34. The molecule has 2 unspecified atom stereocenters. The van der Waals surface area contributed by atoms with Crippen molar-refractivity contribution in [1.82, 2.24) is 0 Å². The lowest BCUT2D eigenvalue weighted by atomic mass is 10.0. The summed E-state index contributed by atoms with van der Waals surface area (Å²) in [5.74, 6) is -2.19. The van der Waals surface area contributed by atoms with E-state index in [4.69, 9.17) is 37.0 Å². The Kier molecular flexibility index (Phi) is 67.8. The van der Waals surface area contributed by atoms with Gasteiger partial charge in [-0.1, -0.05) is 268 Å². The van der Waals surface area contributed by atoms with E-state index in [1.807, 2.05) is 0 Å². The lowest BCUT2D eigenvalue weighted by molar-refractivity contribution is -0.161. The van der Waals surface area contributed by atoms with Crippen LogP contribution in [0.5, 0.6) is 0 Å². The van der Waals surface area contributed by atoms with Crippen molar-refractivity contribution in [2.45, 2.75) is 367 Å². The molecule has 0 heterocycles. The van der Waals surface area contributed by atoms with Gasteiger partial charge in [-0.25, -0.2) is 9.13 Å². The monoisotopic (exact) mass is 1400 g/mol. The molecular weight excluding hydrogens is 1260 g/mol. The molecule has 0 aliphatic carbocycles. The topological polar surface area (TPSA) is 237 Å². The van der Waals surface area contributed by atoms with Gasteiger partial charge >= 0.3 is 39.5 Å². The molecule has 0 aliphatic heterocycles. The lowest BCUT2D eigenvalue weighted by Gasteiger charge is -2.21. The molecule has 96 heavy (non-hydrogen) atoms. The molecule has 0 spiro atoms. The highest BCUT2D eigenvalue weighted by atomic mass is 31.2. The summed E-state index contributed by atoms with van der Waals surface area (Å²) in [5, 5.41) is 10.6. The van der Waals surface area contributed by atoms with Gasteiger partial charge in [0.15, 0.2) is 12.2 Å². The van der Waals surface area contributed by atoms with Gasteiger partial charge in [-0.05, 0) is 116 Å². The van der Waals surface area contributed by atoms with Gasteiger partial charge in [-0.2, -0.15) is 0 Å². The molecule has 3 N–H and O–H groups in total. The largest absolute Gasteiger partial charge is 0.472 e. The van der Waals surface area contributed by atoms with Crippen molar-refractivity contribution >= 4 is 39.5 Å². The molecular formula is C77H140O17P2. The Bertz CT molecular complexity index is 2060. The second kappa shape index (κ2) is 70.2. The number of hydrogen-bond donors (Lipinski definition) is 3. The average molecular weight is 1400 g/mol. The number of rotatable bonds is 73. The van der Waals surface area contributed by atoms with Crippen LogP contribution in [0.15, 0.2) is 60.8 Å². The fourth-order valence-electron chi connectivity index (χ4n) is 10.5. The summed E-state index contributed by atoms with van der Waals surface area (Å²) in [4.78, 5) is 72.8. The predicted octanol–water partition coefficient (Wildman–Crippen LogP) is 21.9. The average Bonchev–Trinajstić information content (AvgIpc) is 1.17. The predicted molar refractivity (Wildman–Crippen MR) is 390 cm³/mol. The Morgan fingerprint density at radius 2 is 0.510 bits per heavy atom. The Hall–Kier alpha value is -3.24. The maximum atomic E-state index is 13.1. The first-order valence-corrected chi connectivity index (χ1v) is 41.5. The minimum Gasteiger partial charge on any atom is -0.462 e. The first-order valence-electron chi connectivity index (χ1n) is 38.5. The number of aliphatic hydroxyl groups is 1. The molecule has 0 rings (SSSR count). The number of carbonyl (C=O) groups excluding carboxylic acids is 4. The van der Waals surface area contributed by atoms with Gasteiger partial charge in [-0.3, -0.25) is 37.3 Å². The van der Waals surface area contributed by atoms with Crippen LogP contribution in [0.1, 0.15) is 349 Å². The number of phosphoric ester groups is 2. The van der Waals surface area contributed by atoms with Crippen molar-refractivity contribution < 1.29 is 80.2 Å². The van der Waals surface area contributed by atoms with Crippen LogP contribution < -0.4 is 0 Å². The van der Waals surface area contributed by atoms with Crippen LogP contribution in [0.25, 0.3) is 0 Å². The SMILES string of the molecule is CCCCC/C=C\C/C=C\CCCCCCCC(=O)OC[C@H](COP(=O)(O)OC[C@H](O)COP(=O)(O)OC[C@@H](COC(=O)CCCCCCCCCCCCCCC)OC(=O)CCCCCCC/C=C\C/C=C\CCCCC)OC(=O)CCCCCCC/C=C\CCCCCC. The Morgan fingerprint density at radius 1 is 0.292 bits per heavy atom. The van der Waals surface area contributed by atoms with E-state index in [0.717, 1.165) is 148 Å². The molecule has 0 radical (unpaired) electrons. The molecule has 0 aromatic carbocycles. The summed E-state index contributed by atoms with van der Waals surface area (Å²) >= 11 is 0. The minimum atomic E-state index is -4.97. The maximum Gasteiger partial charge on any atom is 0.472 e. The Labute approximate surface area is 584 Å². The fourth-order valence-corrected chi connectivity index (χ4v) is 12.1. The van der Waals surface area contributed by atoms with E-state index >= 15 is 0 Å². The number of unbranched alkanes of at least 4 members (excludes halogenated alkanes) is 37. The number of hydrogen-bond acceptors (Lipinski definition) is 15. The summed E-state index contributed by atoms with van der Waals surface area (Å²) in [6.07, 6.45) is 67.7. The molecule has 5 atom stereocenters. The van der Waals surface area contributed by atoms with Gasteiger partial charge in [0.05, 0.1) is 26.4 Å². The molecule has 0 aromatic heterocycles. The second-order valence-corrected chi connectivity index (χ2v) is 28.9. The molecule has 0 bridgehead atoms. The lowest BCUT2D eigenvalue weighted by Crippen LogP contribution is -2.30. The zero-order valence-electron chi connectivity index (χ0n) is 61.1. The number of carbonyl (C=O) groups is 4. The molecule has 0 fully saturated rings. The highest BCUT2D eigenvalue weighted by molar-refractivity contribution is 7.47. The number of ether oxygens (including phenoxy) is 4. The molecule has 0 saturated heterocycles. The van der Waals surface area contributed by atoms with E-state index in [2.05, 4.69) is 88.5 Å². The van der Waals surface area contributed by atoms with E-state index in [1.165, 1.54) is 122 Å². The van der Waals surface area contributed by atoms with E-state index in [1.54, 1.807) is 0 Å². The van der Waals surface area contributed by atoms with Crippen LogP contribution >= 0.6 is 15.6 Å². The summed E-state index contributed by atoms with van der Waals surface area (Å²) in [5.41, 5.74) is 0. The number of allylic oxidation sites excluding steroid dienone is 10. The molecule has 0 amide bonds. The third kappa shape index (κ3) is 69.2. The molecule has 0 saturated carbocycles. The van der Waals surface area contributed by atoms with Crippen molar-refractivity contribution in [2.75, 3.05) is 39.6 Å². The van der Waals surface area contributed by atoms with E-state index in [-0.39, 0.29) is 25.7 Å². The minimum absolute atomic E-state index is 0.0837. The van der Waals surface area contributed by atoms with Crippen LogP contribution in [-0.2, 0) is 65.4 Å². The fraction of sp³-hybridized carbons (Fsp3) is 0.818. The third-order valence-electron chi connectivity index (χ3n) is 16.5. The van der Waals surface area contributed by atoms with Crippen molar-refractivity contribution in [3.8, 4) is 0 Å². The standard InChI is InChI=1S/C77H140O17P2/c1-5-9-13-17-21-25-29-33-35-39-42-46-50-54-58-62-75(80)88-68-72(93-76(81)63-59-55-51-47-43-38-32-28-24-20-16-12-8-4)69-91-95(83,84)89-65-71(78)66-90-96(85,86)92-70-73(67-87-74(79)61-57-53-49-45-41-37-31-27-23-19-15-11-7-3)94-77(82)64-60-56-52-48-44-40-36-34-30-26-22-18-14-10-6-2/h21-22,25-26,28,32-36,71-73,78H,5-20,23-24,27,29-31,37-70H2,1-4H3,(H,83,84)(H,85,86)/b25-21-,26-22-,32-28-,35-33-,36-34-/t71-,72+,73+/m0/s1. The van der Waals surface area contributed by atoms with Crippen molar-refractivity contribution in [1.29, 1.82) is 0 Å². The van der Waals surface area contributed by atoms with Crippen LogP contribution in [0.2, 0.25) is 0 Å². The normalized spacial score (nSPS) is 14.3. The van der Waals surface area contributed by atoms with Crippen LogP contribution in [0.4, 0.5) is 0 Å². The molecule has 0 aromatic rings. The molecule has 17 nitrogen and oxygen atoms in total. The molecule has 0 aliphatic rings. The van der Waals surface area contributed by atoms with Crippen molar-refractivity contribution in [2.24, 2.45) is 0 Å². The van der Waals surface area contributed by atoms with E-state index in [9.17, 15) is 43.2 Å². The van der Waals surface area contributed by atoms with Gasteiger partial charge in [0, 0.05) is 25.7 Å². The maximum absolute atomic E-state index is 13.1.